The Kier molecular flexibility index (Phi) is 3.30. The summed E-state index contributed by atoms with van der Waals surface area (Å²) in [6.07, 6.45) is 3.22. The number of methoxy groups -OCH3 is 1. The summed E-state index contributed by atoms with van der Waals surface area (Å²) in [7, 11) is 3.24. The third kappa shape index (κ3) is 2.39. The van der Waals surface area contributed by atoms with Crippen LogP contribution in [0.2, 0.25) is 0 Å². The Hall–Kier alpha value is -3.23. The minimum absolute atomic E-state index is 0.0866. The summed E-state index contributed by atoms with van der Waals surface area (Å²) in [6, 6.07) is 4.83. The van der Waals surface area contributed by atoms with Gasteiger partial charge in [-0.25, -0.2) is 14.5 Å². The average Bonchev–Trinajstić information content (AvgIpc) is 3.13. The number of hydrogen-bond donors (Lipinski definition) is 1. The van der Waals surface area contributed by atoms with E-state index >= 15 is 0 Å². The van der Waals surface area contributed by atoms with E-state index in [1.807, 2.05) is 0 Å². The second kappa shape index (κ2) is 5.28. The second-order valence-electron chi connectivity index (χ2n) is 4.47. The maximum atomic E-state index is 11.2. The van der Waals surface area contributed by atoms with Crippen molar-refractivity contribution in [2.24, 2.45) is 7.05 Å². The van der Waals surface area contributed by atoms with Gasteiger partial charge in [0.25, 0.3) is 0 Å². The maximum absolute atomic E-state index is 11.2. The van der Waals surface area contributed by atoms with E-state index in [0.29, 0.717) is 23.0 Å². The third-order valence-corrected chi connectivity index (χ3v) is 2.97. The Balaban J connectivity index is 2.14. The van der Waals surface area contributed by atoms with Crippen molar-refractivity contribution in [2.75, 3.05) is 7.11 Å². The molecule has 112 valence electrons. The van der Waals surface area contributed by atoms with Crippen LogP contribution in [0.5, 0.6) is 5.88 Å². The summed E-state index contributed by atoms with van der Waals surface area (Å²) >= 11 is 0. The molecule has 0 unspecified atom stereocenters. The van der Waals surface area contributed by atoms with Gasteiger partial charge in [0, 0.05) is 19.2 Å². The van der Waals surface area contributed by atoms with Gasteiger partial charge in [-0.1, -0.05) is 5.21 Å². The molecule has 3 aromatic heterocycles. The predicted octanol–water partition coefficient (Wildman–Crippen LogP) is 0.770. The average molecular weight is 300 g/mol. The quantitative estimate of drug-likeness (QED) is 0.758. The summed E-state index contributed by atoms with van der Waals surface area (Å²) < 4.78 is 7.99. The molecule has 0 aliphatic heterocycles. The van der Waals surface area contributed by atoms with Crippen LogP contribution in [0.25, 0.3) is 17.1 Å². The van der Waals surface area contributed by atoms with Gasteiger partial charge in [0.15, 0.2) is 5.69 Å². The molecule has 0 aromatic carbocycles. The number of rotatable bonds is 4. The zero-order valence-electron chi connectivity index (χ0n) is 11.8. The van der Waals surface area contributed by atoms with E-state index in [1.165, 1.54) is 28.7 Å². The van der Waals surface area contributed by atoms with Gasteiger partial charge in [-0.05, 0) is 6.07 Å². The highest BCUT2D eigenvalue weighted by Crippen LogP contribution is 2.22. The lowest BCUT2D eigenvalue weighted by atomic mass is 10.3. The summed E-state index contributed by atoms with van der Waals surface area (Å²) in [5, 5.41) is 21.1. The van der Waals surface area contributed by atoms with Crippen molar-refractivity contribution in [2.45, 2.75) is 0 Å². The van der Waals surface area contributed by atoms with Crippen molar-refractivity contribution in [1.82, 2.24) is 29.8 Å². The number of carboxylic acid groups (broad SMARTS) is 1. The fraction of sp³-hybridized carbons (Fsp3) is 0.154. The van der Waals surface area contributed by atoms with E-state index in [0.717, 1.165) is 0 Å². The summed E-state index contributed by atoms with van der Waals surface area (Å²) in [4.78, 5) is 15.3. The predicted molar refractivity (Wildman–Crippen MR) is 74.9 cm³/mol. The van der Waals surface area contributed by atoms with Gasteiger partial charge in [-0.3, -0.25) is 4.68 Å². The van der Waals surface area contributed by atoms with Crippen LogP contribution >= 0.6 is 0 Å². The lowest BCUT2D eigenvalue weighted by Crippen LogP contribution is -2.03. The number of aromatic nitrogens is 6. The molecule has 0 atom stereocenters. The van der Waals surface area contributed by atoms with Crippen LogP contribution in [0.3, 0.4) is 0 Å². The molecular formula is C13H12N6O3. The zero-order chi connectivity index (χ0) is 15.7. The monoisotopic (exact) mass is 300 g/mol. The molecule has 1 N–H and O–H groups in total. The zero-order valence-corrected chi connectivity index (χ0v) is 11.8. The lowest BCUT2D eigenvalue weighted by molar-refractivity contribution is 0.0690. The highest BCUT2D eigenvalue weighted by molar-refractivity contribution is 5.87. The Morgan fingerprint density at radius 3 is 2.73 bits per heavy atom. The molecule has 0 amide bonds. The van der Waals surface area contributed by atoms with E-state index in [4.69, 9.17) is 9.84 Å². The first-order valence-electron chi connectivity index (χ1n) is 6.29. The molecule has 9 nitrogen and oxygen atoms in total. The molecule has 3 rings (SSSR count). The Labute approximate surface area is 124 Å². The Bertz CT molecular complexity index is 821. The van der Waals surface area contributed by atoms with Crippen molar-refractivity contribution >= 4 is 5.97 Å². The lowest BCUT2D eigenvalue weighted by Gasteiger charge is -2.05. The SMILES string of the molecule is COc1ccc(-n2nc(C(=O)O)cc2-c2cn(C)nn2)cn1. The van der Waals surface area contributed by atoms with Crippen molar-refractivity contribution in [3.8, 4) is 23.0 Å². The van der Waals surface area contributed by atoms with Crippen molar-refractivity contribution in [1.29, 1.82) is 0 Å². The molecule has 0 aliphatic carbocycles. The van der Waals surface area contributed by atoms with Gasteiger partial charge in [-0.2, -0.15) is 5.10 Å². The number of aryl methyl sites for hydroxylation is 1. The highest BCUT2D eigenvalue weighted by atomic mass is 16.5. The maximum Gasteiger partial charge on any atom is 0.356 e. The van der Waals surface area contributed by atoms with Crippen LogP contribution in [-0.4, -0.2) is 47.9 Å². The first-order valence-corrected chi connectivity index (χ1v) is 6.29. The van der Waals surface area contributed by atoms with E-state index in [2.05, 4.69) is 20.4 Å². The van der Waals surface area contributed by atoms with E-state index in [9.17, 15) is 4.79 Å². The van der Waals surface area contributed by atoms with E-state index in [1.54, 1.807) is 25.4 Å². The summed E-state index contributed by atoms with van der Waals surface area (Å²) in [5.41, 5.74) is 1.53. The number of carboxylic acids is 1. The third-order valence-electron chi connectivity index (χ3n) is 2.97. The number of nitrogens with zero attached hydrogens (tertiary/aromatic N) is 6. The fourth-order valence-corrected chi connectivity index (χ4v) is 1.95. The summed E-state index contributed by atoms with van der Waals surface area (Å²) in [5.74, 6) is -0.666. The largest absolute Gasteiger partial charge is 0.481 e. The van der Waals surface area contributed by atoms with Crippen LogP contribution in [-0.2, 0) is 7.05 Å². The summed E-state index contributed by atoms with van der Waals surface area (Å²) in [6.45, 7) is 0. The van der Waals surface area contributed by atoms with Gasteiger partial charge >= 0.3 is 5.97 Å². The van der Waals surface area contributed by atoms with Crippen LogP contribution in [0.15, 0.2) is 30.6 Å². The standard InChI is InChI=1S/C13H12N6O3/c1-18-7-10(15-17-18)11-5-9(13(20)21)16-19(11)8-3-4-12(22-2)14-6-8/h3-7H,1-2H3,(H,20,21). The Morgan fingerprint density at radius 2 is 2.18 bits per heavy atom. The molecule has 0 saturated carbocycles. The van der Waals surface area contributed by atoms with Gasteiger partial charge in [0.05, 0.1) is 30.9 Å². The Morgan fingerprint density at radius 1 is 1.36 bits per heavy atom. The molecule has 0 radical (unpaired) electrons. The fourth-order valence-electron chi connectivity index (χ4n) is 1.95. The van der Waals surface area contributed by atoms with E-state index < -0.39 is 5.97 Å². The minimum atomic E-state index is -1.12. The second-order valence-corrected chi connectivity index (χ2v) is 4.47. The highest BCUT2D eigenvalue weighted by Gasteiger charge is 2.18. The van der Waals surface area contributed by atoms with Crippen LogP contribution in [0, 0.1) is 0 Å². The van der Waals surface area contributed by atoms with Crippen molar-refractivity contribution < 1.29 is 14.6 Å². The van der Waals surface area contributed by atoms with Gasteiger partial charge in [0.1, 0.15) is 5.69 Å². The smallest absolute Gasteiger partial charge is 0.356 e. The molecule has 0 aliphatic rings. The number of aromatic carboxylic acids is 1. The molecule has 0 saturated heterocycles. The van der Waals surface area contributed by atoms with Crippen molar-refractivity contribution in [3.63, 3.8) is 0 Å². The van der Waals surface area contributed by atoms with E-state index in [-0.39, 0.29) is 5.69 Å². The van der Waals surface area contributed by atoms with Crippen LogP contribution < -0.4 is 4.74 Å². The number of carbonyl (C=O) groups is 1. The molecule has 3 aromatic rings. The topological polar surface area (TPSA) is 108 Å². The van der Waals surface area contributed by atoms with Gasteiger partial charge < -0.3 is 9.84 Å². The van der Waals surface area contributed by atoms with Crippen molar-refractivity contribution in [3.05, 3.63) is 36.3 Å². The molecule has 22 heavy (non-hydrogen) atoms. The number of hydrogen-bond acceptors (Lipinski definition) is 6. The first kappa shape index (κ1) is 13.7. The molecule has 0 spiro atoms. The number of pyridine rings is 1. The van der Waals surface area contributed by atoms with Gasteiger partial charge in [-0.15, -0.1) is 5.10 Å². The van der Waals surface area contributed by atoms with Crippen LogP contribution in [0.4, 0.5) is 0 Å². The molecular weight excluding hydrogens is 288 g/mol. The molecule has 0 fully saturated rings. The molecule has 9 heteroatoms. The minimum Gasteiger partial charge on any atom is -0.481 e. The first-order chi connectivity index (χ1) is 10.6. The molecule has 0 bridgehead atoms. The van der Waals surface area contributed by atoms with Crippen LogP contribution in [0.1, 0.15) is 10.5 Å². The molecule has 3 heterocycles. The number of ether oxygens (including phenoxy) is 1. The normalized spacial score (nSPS) is 10.6. The van der Waals surface area contributed by atoms with Gasteiger partial charge in [0.2, 0.25) is 5.88 Å².